The van der Waals surface area contributed by atoms with E-state index in [0.717, 1.165) is 50.7 Å². The van der Waals surface area contributed by atoms with E-state index >= 15 is 0 Å². The zero-order valence-electron chi connectivity index (χ0n) is 16.7. The number of carbonyl (C=O) groups excluding carboxylic acids is 1. The average Bonchev–Trinajstić information content (AvgIpc) is 3.45. The van der Waals surface area contributed by atoms with Crippen LogP contribution in [0.3, 0.4) is 0 Å². The second-order valence-electron chi connectivity index (χ2n) is 8.19. The Morgan fingerprint density at radius 1 is 1.07 bits per heavy atom. The Hall–Kier alpha value is -1.90. The van der Waals surface area contributed by atoms with Gasteiger partial charge in [0.15, 0.2) is 0 Å². The lowest BCUT2D eigenvalue weighted by Gasteiger charge is -2.32. The third kappa shape index (κ3) is 7.11. The molecular weight excluding hydrogens is 407 g/mol. The molecule has 1 saturated carbocycles. The van der Waals surface area contributed by atoms with E-state index < -0.39 is 35.8 Å². The van der Waals surface area contributed by atoms with E-state index in [1.165, 1.54) is 4.90 Å². The van der Waals surface area contributed by atoms with E-state index in [4.69, 9.17) is 4.74 Å². The Morgan fingerprint density at radius 2 is 1.70 bits per heavy atom. The summed E-state index contributed by atoms with van der Waals surface area (Å²) >= 11 is 0. The van der Waals surface area contributed by atoms with Gasteiger partial charge in [0.25, 0.3) is 5.91 Å². The third-order valence-electron chi connectivity index (χ3n) is 5.54. The van der Waals surface area contributed by atoms with Gasteiger partial charge in [0.1, 0.15) is 22.9 Å². The third-order valence-corrected chi connectivity index (χ3v) is 5.54. The fourth-order valence-electron chi connectivity index (χ4n) is 3.75. The predicted molar refractivity (Wildman–Crippen MR) is 101 cm³/mol. The summed E-state index contributed by atoms with van der Waals surface area (Å²) in [6.45, 7) is 0.348. The van der Waals surface area contributed by atoms with Crippen LogP contribution in [0.1, 0.15) is 55.3 Å². The average molecular weight is 434 g/mol. The van der Waals surface area contributed by atoms with Crippen molar-refractivity contribution in [2.75, 3.05) is 26.2 Å². The van der Waals surface area contributed by atoms with Gasteiger partial charge in [-0.25, -0.2) is 8.78 Å². The van der Waals surface area contributed by atoms with Crippen molar-refractivity contribution in [3.63, 3.8) is 0 Å². The SMILES string of the molecule is O=C(NC1CC1)c1c(F)cc(OCCCCC2CCN(CC(F)(F)F)CC2)cc1F. The number of rotatable bonds is 9. The van der Waals surface area contributed by atoms with Crippen molar-refractivity contribution in [2.45, 2.75) is 57.2 Å². The molecule has 3 rings (SSSR count). The Morgan fingerprint density at radius 3 is 2.27 bits per heavy atom. The summed E-state index contributed by atoms with van der Waals surface area (Å²) in [5, 5.41) is 2.56. The minimum Gasteiger partial charge on any atom is -0.493 e. The molecule has 2 aliphatic rings. The number of hydrogen-bond donors (Lipinski definition) is 1. The Kier molecular flexibility index (Phi) is 7.55. The fourth-order valence-corrected chi connectivity index (χ4v) is 3.75. The van der Waals surface area contributed by atoms with Crippen LogP contribution in [0.5, 0.6) is 5.75 Å². The number of halogens is 5. The second-order valence-corrected chi connectivity index (χ2v) is 8.19. The Balaban J connectivity index is 1.34. The van der Waals surface area contributed by atoms with Gasteiger partial charge in [-0.2, -0.15) is 13.2 Å². The van der Waals surface area contributed by atoms with Crippen LogP contribution in [-0.2, 0) is 0 Å². The molecule has 1 aromatic rings. The van der Waals surface area contributed by atoms with E-state index in [0.29, 0.717) is 25.4 Å². The van der Waals surface area contributed by atoms with Gasteiger partial charge in [-0.15, -0.1) is 0 Å². The van der Waals surface area contributed by atoms with Gasteiger partial charge in [-0.05, 0) is 57.5 Å². The Bertz CT molecular complexity index is 706. The lowest BCUT2D eigenvalue weighted by atomic mass is 9.91. The van der Waals surface area contributed by atoms with Crippen LogP contribution >= 0.6 is 0 Å². The first-order chi connectivity index (χ1) is 14.2. The number of benzene rings is 1. The van der Waals surface area contributed by atoms with Crippen molar-refractivity contribution in [1.29, 1.82) is 0 Å². The second kappa shape index (κ2) is 9.94. The van der Waals surface area contributed by atoms with Gasteiger partial charge in [0.05, 0.1) is 13.2 Å². The van der Waals surface area contributed by atoms with Crippen molar-refractivity contribution in [2.24, 2.45) is 5.92 Å². The Labute approximate surface area is 172 Å². The maximum atomic E-state index is 14.1. The number of nitrogens with one attached hydrogen (secondary N) is 1. The topological polar surface area (TPSA) is 41.6 Å². The molecule has 0 spiro atoms. The first-order valence-corrected chi connectivity index (χ1v) is 10.4. The molecule has 0 atom stereocenters. The summed E-state index contributed by atoms with van der Waals surface area (Å²) in [7, 11) is 0. The van der Waals surface area contributed by atoms with Crippen LogP contribution in [0.25, 0.3) is 0 Å². The number of hydrogen-bond acceptors (Lipinski definition) is 3. The number of ether oxygens (including phenoxy) is 1. The summed E-state index contributed by atoms with van der Waals surface area (Å²) in [6.07, 6.45) is 1.39. The largest absolute Gasteiger partial charge is 0.493 e. The molecule has 30 heavy (non-hydrogen) atoms. The van der Waals surface area contributed by atoms with E-state index in [1.807, 2.05) is 0 Å². The highest BCUT2D eigenvalue weighted by Crippen LogP contribution is 2.26. The van der Waals surface area contributed by atoms with E-state index in [2.05, 4.69) is 5.32 Å². The lowest BCUT2D eigenvalue weighted by molar-refractivity contribution is -0.148. The minimum absolute atomic E-state index is 0.00380. The van der Waals surface area contributed by atoms with Crippen molar-refractivity contribution < 1.29 is 31.5 Å². The van der Waals surface area contributed by atoms with Gasteiger partial charge in [0, 0.05) is 18.2 Å². The van der Waals surface area contributed by atoms with Crippen LogP contribution in [0.2, 0.25) is 0 Å². The quantitative estimate of drug-likeness (QED) is 0.453. The molecule has 1 amide bonds. The molecule has 1 saturated heterocycles. The number of unbranched alkanes of at least 4 members (excludes halogenated alkanes) is 1. The van der Waals surface area contributed by atoms with Gasteiger partial charge >= 0.3 is 6.18 Å². The molecule has 1 heterocycles. The molecule has 9 heteroatoms. The smallest absolute Gasteiger partial charge is 0.401 e. The van der Waals surface area contributed by atoms with Crippen molar-refractivity contribution in [3.05, 3.63) is 29.3 Å². The number of nitrogens with zero attached hydrogens (tertiary/aromatic N) is 1. The van der Waals surface area contributed by atoms with E-state index in [-0.39, 0.29) is 18.4 Å². The zero-order chi connectivity index (χ0) is 21.7. The molecule has 168 valence electrons. The van der Waals surface area contributed by atoms with Crippen LogP contribution in [0.15, 0.2) is 12.1 Å². The van der Waals surface area contributed by atoms with E-state index in [1.54, 1.807) is 0 Å². The predicted octanol–water partition coefficient (Wildman–Crippen LogP) is 4.68. The van der Waals surface area contributed by atoms with Crippen molar-refractivity contribution >= 4 is 5.91 Å². The molecule has 1 N–H and O–H groups in total. The molecule has 0 aromatic heterocycles. The molecule has 0 unspecified atom stereocenters. The van der Waals surface area contributed by atoms with Gasteiger partial charge in [-0.3, -0.25) is 9.69 Å². The fraction of sp³-hybridized carbons (Fsp3) is 0.667. The molecule has 2 fully saturated rings. The highest BCUT2D eigenvalue weighted by Gasteiger charge is 2.32. The molecule has 0 radical (unpaired) electrons. The summed E-state index contributed by atoms with van der Waals surface area (Å²) in [6, 6.07) is 2.03. The van der Waals surface area contributed by atoms with Gasteiger partial charge < -0.3 is 10.1 Å². The van der Waals surface area contributed by atoms with Crippen LogP contribution in [0.4, 0.5) is 22.0 Å². The normalized spacial score (nSPS) is 18.4. The van der Waals surface area contributed by atoms with E-state index in [9.17, 15) is 26.7 Å². The maximum Gasteiger partial charge on any atom is 0.401 e. The molecule has 1 aromatic carbocycles. The number of likely N-dealkylation sites (tertiary alicyclic amines) is 1. The monoisotopic (exact) mass is 434 g/mol. The molecule has 1 aliphatic carbocycles. The number of carbonyl (C=O) groups is 1. The highest BCUT2D eigenvalue weighted by molar-refractivity contribution is 5.95. The number of amides is 1. The first kappa shape index (κ1) is 22.8. The van der Waals surface area contributed by atoms with Gasteiger partial charge in [-0.1, -0.05) is 6.42 Å². The summed E-state index contributed by atoms with van der Waals surface area (Å²) in [5.41, 5.74) is -0.592. The van der Waals surface area contributed by atoms with Crippen LogP contribution in [0, 0.1) is 17.6 Å². The zero-order valence-corrected chi connectivity index (χ0v) is 16.7. The maximum absolute atomic E-state index is 14.1. The summed E-state index contributed by atoms with van der Waals surface area (Å²) in [4.78, 5) is 13.3. The van der Waals surface area contributed by atoms with Crippen LogP contribution < -0.4 is 10.1 Å². The lowest BCUT2D eigenvalue weighted by Crippen LogP contribution is -2.40. The standard InChI is InChI=1S/C21H27F5N2O2/c22-17-11-16(12-18(23)19(17)20(29)27-15-4-5-15)30-10-2-1-3-14-6-8-28(9-7-14)13-21(24,25)26/h11-12,14-15H,1-10,13H2,(H,27,29). The molecule has 4 nitrogen and oxygen atoms in total. The highest BCUT2D eigenvalue weighted by atomic mass is 19.4. The van der Waals surface area contributed by atoms with Crippen molar-refractivity contribution in [1.82, 2.24) is 10.2 Å². The number of alkyl halides is 3. The number of piperidine rings is 1. The summed E-state index contributed by atoms with van der Waals surface area (Å²) in [5.74, 6) is -2.22. The molecular formula is C21H27F5N2O2. The van der Waals surface area contributed by atoms with Crippen molar-refractivity contribution in [3.8, 4) is 5.75 Å². The van der Waals surface area contributed by atoms with Gasteiger partial charge in [0.2, 0.25) is 0 Å². The van der Waals surface area contributed by atoms with Crippen LogP contribution in [-0.4, -0.2) is 49.3 Å². The molecule has 1 aliphatic heterocycles. The first-order valence-electron chi connectivity index (χ1n) is 10.4. The minimum atomic E-state index is -4.15. The molecule has 0 bridgehead atoms. The summed E-state index contributed by atoms with van der Waals surface area (Å²) < 4.78 is 70.9.